The standard InChI is InChI=1S/C14H14ClN3/c1-10(2)6-7-16-11(3)13-8-17-14-5-4-12(15)9-18(13)14/h4-9H,1H2,2-3H3/b7-6-,16-11?. The van der Waals surface area contributed by atoms with Crippen LogP contribution in [0.3, 0.4) is 0 Å². The van der Waals surface area contributed by atoms with E-state index in [1.54, 1.807) is 12.4 Å². The number of rotatable bonds is 3. The van der Waals surface area contributed by atoms with Gasteiger partial charge in [-0.15, -0.1) is 0 Å². The van der Waals surface area contributed by atoms with Crippen LogP contribution < -0.4 is 0 Å². The van der Waals surface area contributed by atoms with Crippen molar-refractivity contribution >= 4 is 23.0 Å². The van der Waals surface area contributed by atoms with E-state index in [4.69, 9.17) is 11.6 Å². The number of aliphatic imine (C=N–C) groups is 1. The zero-order chi connectivity index (χ0) is 13.1. The Morgan fingerprint density at radius 2 is 2.22 bits per heavy atom. The van der Waals surface area contributed by atoms with Crippen molar-refractivity contribution in [2.24, 2.45) is 4.99 Å². The highest BCUT2D eigenvalue weighted by atomic mass is 35.5. The second-order valence-electron chi connectivity index (χ2n) is 4.10. The van der Waals surface area contributed by atoms with Crippen molar-refractivity contribution in [3.05, 3.63) is 59.7 Å². The molecule has 2 rings (SSSR count). The number of imidazole rings is 1. The smallest absolute Gasteiger partial charge is 0.137 e. The summed E-state index contributed by atoms with van der Waals surface area (Å²) in [6.07, 6.45) is 7.22. The second kappa shape index (κ2) is 5.19. The summed E-state index contributed by atoms with van der Waals surface area (Å²) in [6.45, 7) is 7.65. The van der Waals surface area contributed by atoms with Gasteiger partial charge in [0, 0.05) is 12.4 Å². The average Bonchev–Trinajstić information content (AvgIpc) is 2.71. The van der Waals surface area contributed by atoms with Gasteiger partial charge in [0.05, 0.1) is 22.6 Å². The third-order valence-corrected chi connectivity index (χ3v) is 2.69. The summed E-state index contributed by atoms with van der Waals surface area (Å²) in [6, 6.07) is 3.70. The predicted molar refractivity (Wildman–Crippen MR) is 76.4 cm³/mol. The minimum Gasteiger partial charge on any atom is -0.297 e. The predicted octanol–water partition coefficient (Wildman–Crippen LogP) is 3.89. The van der Waals surface area contributed by atoms with Gasteiger partial charge in [0.15, 0.2) is 0 Å². The Morgan fingerprint density at radius 1 is 1.44 bits per heavy atom. The minimum atomic E-state index is 0.673. The van der Waals surface area contributed by atoms with Crippen molar-refractivity contribution in [3.63, 3.8) is 0 Å². The van der Waals surface area contributed by atoms with E-state index in [9.17, 15) is 0 Å². The molecule has 0 N–H and O–H groups in total. The van der Waals surface area contributed by atoms with Crippen molar-refractivity contribution in [2.45, 2.75) is 13.8 Å². The first-order valence-electron chi connectivity index (χ1n) is 5.57. The lowest BCUT2D eigenvalue weighted by molar-refractivity contribution is 1.16. The molecule has 0 spiro atoms. The number of halogens is 1. The molecule has 0 amide bonds. The summed E-state index contributed by atoms with van der Waals surface area (Å²) in [5.74, 6) is 0. The van der Waals surface area contributed by atoms with E-state index < -0.39 is 0 Å². The van der Waals surface area contributed by atoms with Crippen LogP contribution in [0.15, 0.2) is 53.9 Å². The lowest BCUT2D eigenvalue weighted by Gasteiger charge is -2.00. The minimum absolute atomic E-state index is 0.673. The van der Waals surface area contributed by atoms with Crippen LogP contribution in [0.1, 0.15) is 19.5 Å². The molecule has 0 radical (unpaired) electrons. The molecule has 0 fully saturated rings. The molecule has 0 aliphatic carbocycles. The molecule has 0 saturated heterocycles. The van der Waals surface area contributed by atoms with Gasteiger partial charge in [0.1, 0.15) is 5.65 Å². The Hall–Kier alpha value is -1.87. The van der Waals surface area contributed by atoms with E-state index in [-0.39, 0.29) is 0 Å². The van der Waals surface area contributed by atoms with E-state index in [1.807, 2.05) is 42.7 Å². The highest BCUT2D eigenvalue weighted by molar-refractivity contribution is 6.30. The summed E-state index contributed by atoms with van der Waals surface area (Å²) in [7, 11) is 0. The van der Waals surface area contributed by atoms with E-state index in [1.165, 1.54) is 0 Å². The van der Waals surface area contributed by atoms with Crippen molar-refractivity contribution in [1.82, 2.24) is 9.38 Å². The third kappa shape index (κ3) is 2.68. The number of nitrogens with zero attached hydrogens (tertiary/aromatic N) is 3. The normalized spacial score (nSPS) is 12.5. The van der Waals surface area contributed by atoms with Gasteiger partial charge in [-0.25, -0.2) is 4.98 Å². The lowest BCUT2D eigenvalue weighted by Crippen LogP contribution is -1.99. The van der Waals surface area contributed by atoms with Gasteiger partial charge >= 0.3 is 0 Å². The Morgan fingerprint density at radius 3 is 2.94 bits per heavy atom. The van der Waals surface area contributed by atoms with Crippen molar-refractivity contribution in [2.75, 3.05) is 0 Å². The van der Waals surface area contributed by atoms with Crippen LogP contribution in [-0.2, 0) is 0 Å². The molecule has 2 heterocycles. The van der Waals surface area contributed by atoms with Gasteiger partial charge in [-0.2, -0.15) is 0 Å². The Balaban J connectivity index is 2.41. The van der Waals surface area contributed by atoms with Crippen LogP contribution in [-0.4, -0.2) is 15.1 Å². The molecule has 0 aliphatic rings. The summed E-state index contributed by atoms with van der Waals surface area (Å²) in [5, 5.41) is 0.673. The van der Waals surface area contributed by atoms with Crippen LogP contribution in [0, 0.1) is 0 Å². The van der Waals surface area contributed by atoms with E-state index in [0.717, 1.165) is 22.6 Å². The first kappa shape index (κ1) is 12.6. The molecule has 0 atom stereocenters. The average molecular weight is 260 g/mol. The van der Waals surface area contributed by atoms with Crippen molar-refractivity contribution in [1.29, 1.82) is 0 Å². The van der Waals surface area contributed by atoms with Crippen LogP contribution in [0.2, 0.25) is 5.02 Å². The van der Waals surface area contributed by atoms with Crippen molar-refractivity contribution in [3.8, 4) is 0 Å². The van der Waals surface area contributed by atoms with Crippen LogP contribution in [0.5, 0.6) is 0 Å². The Kier molecular flexibility index (Phi) is 3.63. The number of fused-ring (bicyclic) bond motifs is 1. The van der Waals surface area contributed by atoms with Crippen molar-refractivity contribution < 1.29 is 0 Å². The maximum atomic E-state index is 5.98. The summed E-state index contributed by atoms with van der Waals surface area (Å²) < 4.78 is 1.93. The molecule has 0 aromatic carbocycles. The molecular formula is C14H14ClN3. The van der Waals surface area contributed by atoms with Gasteiger partial charge < -0.3 is 0 Å². The SMILES string of the molecule is C=C(C)/C=C\N=C(C)c1cnc2ccc(Cl)cn12. The highest BCUT2D eigenvalue weighted by Crippen LogP contribution is 2.13. The van der Waals surface area contributed by atoms with E-state index in [2.05, 4.69) is 16.6 Å². The van der Waals surface area contributed by atoms with E-state index >= 15 is 0 Å². The lowest BCUT2D eigenvalue weighted by atomic mass is 10.3. The molecule has 3 nitrogen and oxygen atoms in total. The van der Waals surface area contributed by atoms with Gasteiger partial charge in [0.25, 0.3) is 0 Å². The summed E-state index contributed by atoms with van der Waals surface area (Å²) >= 11 is 5.98. The zero-order valence-electron chi connectivity index (χ0n) is 10.4. The monoisotopic (exact) mass is 259 g/mol. The first-order chi connectivity index (χ1) is 8.58. The molecule has 0 aliphatic heterocycles. The van der Waals surface area contributed by atoms with Gasteiger partial charge in [0.2, 0.25) is 0 Å². The number of hydrogen-bond acceptors (Lipinski definition) is 2. The number of aromatic nitrogens is 2. The summed E-state index contributed by atoms with van der Waals surface area (Å²) in [4.78, 5) is 8.66. The molecule has 4 heteroatoms. The fourth-order valence-electron chi connectivity index (χ4n) is 1.56. The first-order valence-corrected chi connectivity index (χ1v) is 5.95. The maximum absolute atomic E-state index is 5.98. The molecule has 0 unspecified atom stereocenters. The molecule has 92 valence electrons. The number of allylic oxidation sites excluding steroid dienone is 2. The summed E-state index contributed by atoms with van der Waals surface area (Å²) in [5.41, 5.74) is 3.63. The molecular weight excluding hydrogens is 246 g/mol. The Labute approximate surface area is 111 Å². The zero-order valence-corrected chi connectivity index (χ0v) is 11.1. The topological polar surface area (TPSA) is 29.7 Å². The van der Waals surface area contributed by atoms with Crippen LogP contribution >= 0.6 is 11.6 Å². The molecule has 2 aromatic heterocycles. The number of hydrogen-bond donors (Lipinski definition) is 0. The molecule has 0 saturated carbocycles. The van der Waals surface area contributed by atoms with Gasteiger partial charge in [-0.3, -0.25) is 9.39 Å². The number of pyridine rings is 1. The highest BCUT2D eigenvalue weighted by Gasteiger charge is 2.05. The molecule has 2 aromatic rings. The van der Waals surface area contributed by atoms with Gasteiger partial charge in [-0.1, -0.05) is 23.8 Å². The third-order valence-electron chi connectivity index (χ3n) is 2.47. The molecule has 18 heavy (non-hydrogen) atoms. The fourth-order valence-corrected chi connectivity index (χ4v) is 1.73. The van der Waals surface area contributed by atoms with Gasteiger partial charge in [-0.05, 0) is 32.1 Å². The fraction of sp³-hybridized carbons (Fsp3) is 0.143. The maximum Gasteiger partial charge on any atom is 0.137 e. The quantitative estimate of drug-likeness (QED) is 0.607. The second-order valence-corrected chi connectivity index (χ2v) is 4.53. The van der Waals surface area contributed by atoms with E-state index in [0.29, 0.717) is 5.02 Å². The van der Waals surface area contributed by atoms with Crippen LogP contribution in [0.25, 0.3) is 5.65 Å². The Bertz CT molecular complexity index is 650. The molecule has 0 bridgehead atoms. The largest absolute Gasteiger partial charge is 0.297 e. The van der Waals surface area contributed by atoms with Crippen LogP contribution in [0.4, 0.5) is 0 Å².